The molecule has 44 valence electrons. The summed E-state index contributed by atoms with van der Waals surface area (Å²) in [5, 5.41) is 0. The predicted molar refractivity (Wildman–Crippen MR) is 29.9 cm³/mol. The third kappa shape index (κ3) is 1.30. The van der Waals surface area contributed by atoms with Crippen molar-refractivity contribution in [2.75, 3.05) is 6.61 Å². The highest BCUT2D eigenvalue weighted by atomic mass is 16.7. The third-order valence-corrected chi connectivity index (χ3v) is 0.843. The number of hydrogen-bond donors (Lipinski definition) is 0. The summed E-state index contributed by atoms with van der Waals surface area (Å²) >= 11 is 0. The van der Waals surface area contributed by atoms with E-state index in [9.17, 15) is 0 Å². The lowest BCUT2D eigenvalue weighted by atomic mass is 10.5. The van der Waals surface area contributed by atoms with Gasteiger partial charge in [-0.05, 0) is 12.7 Å². The Morgan fingerprint density at radius 2 is 2.50 bits per heavy atom. The number of ether oxygens (including phenoxy) is 2. The van der Waals surface area contributed by atoms with Crippen LogP contribution in [0.2, 0.25) is 0 Å². The fourth-order valence-electron chi connectivity index (χ4n) is 0.467. The molecule has 8 heavy (non-hydrogen) atoms. The van der Waals surface area contributed by atoms with Gasteiger partial charge in [0, 0.05) is 6.42 Å². The molecule has 0 saturated carbocycles. The highest BCUT2D eigenvalue weighted by Gasteiger charge is 1.94. The van der Waals surface area contributed by atoms with E-state index in [1.54, 1.807) is 6.26 Å². The van der Waals surface area contributed by atoms with Gasteiger partial charge in [0.2, 0.25) is 0 Å². The minimum atomic E-state index is 0.388. The fraction of sp³-hybridized carbons (Fsp3) is 0.333. The Hall–Kier alpha value is -0.920. The van der Waals surface area contributed by atoms with Crippen molar-refractivity contribution in [2.24, 2.45) is 0 Å². The molecule has 0 atom stereocenters. The van der Waals surface area contributed by atoms with Gasteiger partial charge in [-0.15, -0.1) is 0 Å². The van der Waals surface area contributed by atoms with Crippen molar-refractivity contribution in [3.63, 3.8) is 0 Å². The van der Waals surface area contributed by atoms with E-state index in [1.807, 2.05) is 6.08 Å². The molecule has 0 unspecified atom stereocenters. The maximum Gasteiger partial charge on any atom is 0.276 e. The second kappa shape index (κ2) is 2.40. The van der Waals surface area contributed by atoms with E-state index in [-0.39, 0.29) is 0 Å². The second-order valence-corrected chi connectivity index (χ2v) is 1.50. The normalized spacial score (nSPS) is 18.8. The first kappa shape index (κ1) is 5.22. The van der Waals surface area contributed by atoms with Crippen LogP contribution in [-0.2, 0) is 9.47 Å². The van der Waals surface area contributed by atoms with Crippen molar-refractivity contribution in [1.29, 1.82) is 0 Å². The molecule has 0 N–H and O–H groups in total. The molecule has 0 fully saturated rings. The largest absolute Gasteiger partial charge is 0.465 e. The molecule has 0 aromatic rings. The third-order valence-electron chi connectivity index (χ3n) is 0.843. The zero-order valence-corrected chi connectivity index (χ0v) is 4.59. The van der Waals surface area contributed by atoms with Crippen LogP contribution in [0.3, 0.4) is 0 Å². The van der Waals surface area contributed by atoms with E-state index in [2.05, 4.69) is 6.58 Å². The van der Waals surface area contributed by atoms with Crippen molar-refractivity contribution in [3.8, 4) is 0 Å². The summed E-state index contributed by atoms with van der Waals surface area (Å²) in [4.78, 5) is 0. The van der Waals surface area contributed by atoms with Crippen LogP contribution in [0, 0.1) is 0 Å². The Balaban J connectivity index is 2.41. The van der Waals surface area contributed by atoms with Crippen molar-refractivity contribution >= 4 is 0 Å². The van der Waals surface area contributed by atoms with Gasteiger partial charge in [-0.1, -0.05) is 0 Å². The van der Waals surface area contributed by atoms with Crippen LogP contribution < -0.4 is 0 Å². The van der Waals surface area contributed by atoms with Crippen molar-refractivity contribution in [3.05, 3.63) is 24.9 Å². The Labute approximate surface area is 48.4 Å². The molecule has 1 aliphatic heterocycles. The smallest absolute Gasteiger partial charge is 0.276 e. The molecule has 1 rings (SSSR count). The summed E-state index contributed by atoms with van der Waals surface area (Å²) < 4.78 is 9.73. The summed E-state index contributed by atoms with van der Waals surface area (Å²) in [6, 6.07) is 0. The molecule has 1 heterocycles. The first-order valence-electron chi connectivity index (χ1n) is 2.53. The maximum absolute atomic E-state index is 4.92. The molecule has 0 amide bonds. The minimum Gasteiger partial charge on any atom is -0.465 e. The van der Waals surface area contributed by atoms with Crippen LogP contribution in [0.15, 0.2) is 24.9 Å². The summed E-state index contributed by atoms with van der Waals surface area (Å²) in [7, 11) is 0. The quantitative estimate of drug-likeness (QED) is 0.471. The molecule has 2 heteroatoms. The molecule has 0 spiro atoms. The van der Waals surface area contributed by atoms with E-state index in [0.29, 0.717) is 12.6 Å². The van der Waals surface area contributed by atoms with Crippen LogP contribution in [-0.4, -0.2) is 6.61 Å². The van der Waals surface area contributed by atoms with Gasteiger partial charge in [-0.3, -0.25) is 0 Å². The molecule has 0 bridgehead atoms. The number of hydrogen-bond acceptors (Lipinski definition) is 2. The highest BCUT2D eigenvalue weighted by molar-refractivity contribution is 4.83. The fourth-order valence-corrected chi connectivity index (χ4v) is 0.467. The summed E-state index contributed by atoms with van der Waals surface area (Å²) in [5.41, 5.74) is 0. The summed E-state index contributed by atoms with van der Waals surface area (Å²) in [6.45, 7) is 4.15. The Bertz CT molecular complexity index is 116. The van der Waals surface area contributed by atoms with E-state index >= 15 is 0 Å². The van der Waals surface area contributed by atoms with Crippen LogP contribution in [0.5, 0.6) is 0 Å². The molecule has 2 nitrogen and oxygen atoms in total. The van der Waals surface area contributed by atoms with E-state index < -0.39 is 0 Å². The molecule has 0 aromatic carbocycles. The number of rotatable bonds is 0. The van der Waals surface area contributed by atoms with Crippen molar-refractivity contribution in [1.82, 2.24) is 0 Å². The lowest BCUT2D eigenvalue weighted by Gasteiger charge is -2.00. The zero-order chi connectivity index (χ0) is 5.82. The van der Waals surface area contributed by atoms with E-state index in [0.717, 1.165) is 6.42 Å². The topological polar surface area (TPSA) is 18.5 Å². The van der Waals surface area contributed by atoms with E-state index in [4.69, 9.17) is 9.47 Å². The van der Waals surface area contributed by atoms with Crippen molar-refractivity contribution < 1.29 is 9.47 Å². The van der Waals surface area contributed by atoms with E-state index in [1.165, 1.54) is 0 Å². The van der Waals surface area contributed by atoms with Gasteiger partial charge in [-0.2, -0.15) is 0 Å². The standard InChI is InChI=1S/C6H8O2/c1-6-7-4-2-3-5-8-6/h2,4H,1,3,5H2. The first-order chi connectivity index (χ1) is 3.89. The Morgan fingerprint density at radius 1 is 1.62 bits per heavy atom. The second-order valence-electron chi connectivity index (χ2n) is 1.50. The van der Waals surface area contributed by atoms with Crippen molar-refractivity contribution in [2.45, 2.75) is 6.42 Å². The Kier molecular flexibility index (Phi) is 1.57. The monoisotopic (exact) mass is 112 g/mol. The minimum absolute atomic E-state index is 0.388. The lowest BCUT2D eigenvalue weighted by molar-refractivity contribution is 0.0958. The average Bonchev–Trinajstić information content (AvgIpc) is 1.94. The summed E-state index contributed by atoms with van der Waals surface area (Å²) in [6.07, 6.45) is 4.40. The highest BCUT2D eigenvalue weighted by Crippen LogP contribution is 2.02. The molecule has 0 saturated heterocycles. The van der Waals surface area contributed by atoms with Gasteiger partial charge in [0.25, 0.3) is 5.95 Å². The molecule has 1 aliphatic rings. The van der Waals surface area contributed by atoms with Crippen LogP contribution in [0.1, 0.15) is 6.42 Å². The molecule has 0 aliphatic carbocycles. The van der Waals surface area contributed by atoms with Crippen LogP contribution in [0.25, 0.3) is 0 Å². The molecular formula is C6H8O2. The molecular weight excluding hydrogens is 104 g/mol. The average molecular weight is 112 g/mol. The zero-order valence-electron chi connectivity index (χ0n) is 4.59. The first-order valence-corrected chi connectivity index (χ1v) is 2.53. The van der Waals surface area contributed by atoms with Gasteiger partial charge in [0.15, 0.2) is 0 Å². The Morgan fingerprint density at radius 3 is 3.38 bits per heavy atom. The summed E-state index contributed by atoms with van der Waals surface area (Å²) in [5.74, 6) is 0.388. The lowest BCUT2D eigenvalue weighted by Crippen LogP contribution is -1.89. The van der Waals surface area contributed by atoms with Gasteiger partial charge >= 0.3 is 0 Å². The van der Waals surface area contributed by atoms with Crippen LogP contribution in [0.4, 0.5) is 0 Å². The molecule has 0 aromatic heterocycles. The maximum atomic E-state index is 4.92. The van der Waals surface area contributed by atoms with Gasteiger partial charge in [0.05, 0.1) is 12.9 Å². The molecule has 0 radical (unpaired) electrons. The van der Waals surface area contributed by atoms with Gasteiger partial charge in [0.1, 0.15) is 0 Å². The van der Waals surface area contributed by atoms with Gasteiger partial charge in [-0.25, -0.2) is 0 Å². The van der Waals surface area contributed by atoms with Gasteiger partial charge < -0.3 is 9.47 Å². The van der Waals surface area contributed by atoms with Crippen LogP contribution >= 0.6 is 0 Å². The SMILES string of the molecule is C=C1OC=CCCO1. The predicted octanol–water partition coefficient (Wildman–Crippen LogP) is 1.41.